The van der Waals surface area contributed by atoms with E-state index in [-0.39, 0.29) is 67.4 Å². The smallest absolute Gasteiger partial charge is 0.310 e. The Morgan fingerprint density at radius 1 is 0.508 bits per heavy atom. The van der Waals surface area contributed by atoms with Gasteiger partial charge < -0.3 is 31.3 Å². The van der Waals surface area contributed by atoms with Crippen molar-refractivity contribution in [3.8, 4) is 0 Å². The van der Waals surface area contributed by atoms with Gasteiger partial charge in [-0.2, -0.15) is 0 Å². The Hall–Kier alpha value is -2.93. The average Bonchev–Trinajstić information content (AvgIpc) is 3.97. The summed E-state index contributed by atoms with van der Waals surface area (Å²) in [6.45, 7) is 12.1. The number of carboxylic acid groups (broad SMARTS) is 3. The van der Waals surface area contributed by atoms with Crippen LogP contribution in [0.4, 0.5) is 0 Å². The van der Waals surface area contributed by atoms with Gasteiger partial charge in [0.25, 0.3) is 0 Å². The number of hydrogen-bond donors (Lipinski definition) is 6. The fraction of sp³-hybridized carbons (Fsp3) is 0.533. The highest BCUT2D eigenvalue weighted by atomic mass is 35.5. The van der Waals surface area contributed by atoms with E-state index in [0.29, 0.717) is 58.5 Å². The van der Waals surface area contributed by atoms with Crippen LogP contribution in [0.2, 0.25) is 0 Å². The van der Waals surface area contributed by atoms with E-state index >= 15 is 0 Å². The van der Waals surface area contributed by atoms with Crippen molar-refractivity contribution in [2.75, 3.05) is 39.3 Å². The van der Waals surface area contributed by atoms with Gasteiger partial charge in [-0.15, -0.1) is 49.6 Å². The standard InChI is InChI=1S/C45H60N4O6.4ClH/c1-43(40(50)51,37-13-16-46-25-37)22-31-7-4-10-34(19-31)28-49(29-35-11-5-8-32(20-35)23-44(2,41(52)53)38-14-17-47-26-38)30-36-12-6-9-33(21-36)24-45(3,42(54)55)39-15-18-48-27-39;;;;/h4-12,19-21,37-39,46-48H,13-18,22-30H2,1-3H3,(H,50,51)(H,52,53)(H,54,55);4*1H/t37-,38-,39-,43?,44?,45?;;;;/m0..../s1. The number of halogens is 4. The molecule has 0 saturated carbocycles. The zero-order valence-electron chi connectivity index (χ0n) is 34.4. The summed E-state index contributed by atoms with van der Waals surface area (Å²) < 4.78 is 0. The Morgan fingerprint density at radius 3 is 0.983 bits per heavy atom. The zero-order valence-corrected chi connectivity index (χ0v) is 37.7. The van der Waals surface area contributed by atoms with Gasteiger partial charge in [0, 0.05) is 19.6 Å². The molecule has 14 heteroatoms. The number of carbonyl (C=O) groups is 3. The highest BCUT2D eigenvalue weighted by Gasteiger charge is 2.45. The van der Waals surface area contributed by atoms with Crippen molar-refractivity contribution in [1.82, 2.24) is 20.9 Å². The molecule has 328 valence electrons. The zero-order chi connectivity index (χ0) is 39.2. The highest BCUT2D eigenvalue weighted by molar-refractivity contribution is 5.86. The molecular formula is C45H64Cl4N4O6. The van der Waals surface area contributed by atoms with Crippen LogP contribution in [0.5, 0.6) is 0 Å². The lowest BCUT2D eigenvalue weighted by molar-refractivity contribution is -0.151. The summed E-state index contributed by atoms with van der Waals surface area (Å²) in [5, 5.41) is 41.1. The Labute approximate surface area is 374 Å². The van der Waals surface area contributed by atoms with E-state index in [1.807, 2.05) is 57.2 Å². The van der Waals surface area contributed by atoms with Crippen LogP contribution in [0.3, 0.4) is 0 Å². The van der Waals surface area contributed by atoms with Crippen LogP contribution in [0, 0.1) is 34.0 Å². The van der Waals surface area contributed by atoms with Gasteiger partial charge in [-0.25, -0.2) is 0 Å². The molecule has 0 spiro atoms. The lowest BCUT2D eigenvalue weighted by Gasteiger charge is -2.32. The minimum atomic E-state index is -0.874. The Bertz CT molecular complexity index is 1630. The lowest BCUT2D eigenvalue weighted by Crippen LogP contribution is -2.39. The molecule has 3 aliphatic heterocycles. The SMILES string of the molecule is CC(Cc1cccc(CN(Cc2cccc(CC(C)(C(=O)O)[C@H]3CCNC3)c2)Cc2cccc(CC(C)(C(=O)O)[C@H]3CCNC3)c2)c1)(C(=O)O)[C@H]1CCNC1.Cl.Cl.Cl.Cl. The second-order valence-corrected chi connectivity index (χ2v) is 17.4. The van der Waals surface area contributed by atoms with Crippen molar-refractivity contribution in [3.63, 3.8) is 0 Å². The first-order chi connectivity index (χ1) is 26.3. The number of benzene rings is 3. The minimum Gasteiger partial charge on any atom is -0.481 e. The van der Waals surface area contributed by atoms with Gasteiger partial charge in [0.15, 0.2) is 0 Å². The molecule has 3 saturated heterocycles. The highest BCUT2D eigenvalue weighted by Crippen LogP contribution is 2.39. The first-order valence-corrected chi connectivity index (χ1v) is 20.1. The maximum Gasteiger partial charge on any atom is 0.310 e. The Morgan fingerprint density at radius 2 is 0.763 bits per heavy atom. The molecule has 0 radical (unpaired) electrons. The van der Waals surface area contributed by atoms with Crippen molar-refractivity contribution in [3.05, 3.63) is 106 Å². The van der Waals surface area contributed by atoms with E-state index in [9.17, 15) is 29.7 Å². The molecule has 3 heterocycles. The summed E-state index contributed by atoms with van der Waals surface area (Å²) in [7, 11) is 0. The molecule has 3 aromatic rings. The topological polar surface area (TPSA) is 151 Å². The third kappa shape index (κ3) is 12.6. The fourth-order valence-corrected chi connectivity index (χ4v) is 9.51. The van der Waals surface area contributed by atoms with Crippen molar-refractivity contribution in [2.45, 2.75) is 78.9 Å². The Balaban J connectivity index is 0.00000300. The molecular weight excluding hydrogens is 834 g/mol. The molecule has 6 N–H and O–H groups in total. The third-order valence-corrected chi connectivity index (χ3v) is 13.3. The molecule has 3 aliphatic rings. The molecule has 0 aromatic heterocycles. The Kier molecular flexibility index (Phi) is 20.2. The predicted octanol–water partition coefficient (Wildman–Crippen LogP) is 7.30. The lowest BCUT2D eigenvalue weighted by atomic mass is 9.72. The summed E-state index contributed by atoms with van der Waals surface area (Å²) in [6, 6.07) is 24.9. The van der Waals surface area contributed by atoms with Gasteiger partial charge >= 0.3 is 17.9 Å². The predicted molar refractivity (Wildman–Crippen MR) is 243 cm³/mol. The molecule has 6 rings (SSSR count). The second-order valence-electron chi connectivity index (χ2n) is 17.4. The molecule has 0 aliphatic carbocycles. The van der Waals surface area contributed by atoms with E-state index < -0.39 is 34.2 Å². The van der Waals surface area contributed by atoms with Crippen LogP contribution in [0.25, 0.3) is 0 Å². The van der Waals surface area contributed by atoms with Crippen LogP contribution in [-0.2, 0) is 53.3 Å². The molecule has 10 nitrogen and oxygen atoms in total. The second kappa shape index (κ2) is 22.8. The summed E-state index contributed by atoms with van der Waals surface area (Å²) in [6.07, 6.45) is 3.89. The van der Waals surface area contributed by atoms with Crippen molar-refractivity contribution < 1.29 is 29.7 Å². The van der Waals surface area contributed by atoms with Gasteiger partial charge in [0.2, 0.25) is 0 Å². The van der Waals surface area contributed by atoms with Gasteiger partial charge in [0.1, 0.15) is 0 Å². The summed E-state index contributed by atoms with van der Waals surface area (Å²) in [5.74, 6) is -2.11. The van der Waals surface area contributed by atoms with Crippen LogP contribution >= 0.6 is 49.6 Å². The number of carboxylic acids is 3. The fourth-order valence-electron chi connectivity index (χ4n) is 9.51. The number of nitrogens with zero attached hydrogens (tertiary/aromatic N) is 1. The maximum absolute atomic E-state index is 12.6. The number of nitrogens with one attached hydrogen (secondary N) is 3. The monoisotopic (exact) mass is 896 g/mol. The van der Waals surface area contributed by atoms with E-state index in [2.05, 4.69) is 57.2 Å². The van der Waals surface area contributed by atoms with Gasteiger partial charge in [-0.1, -0.05) is 72.8 Å². The largest absolute Gasteiger partial charge is 0.481 e. The van der Waals surface area contributed by atoms with Crippen molar-refractivity contribution >= 4 is 67.5 Å². The molecule has 0 amide bonds. The van der Waals surface area contributed by atoms with E-state index in [4.69, 9.17) is 0 Å². The van der Waals surface area contributed by atoms with Crippen LogP contribution in [-0.4, -0.2) is 77.4 Å². The van der Waals surface area contributed by atoms with Gasteiger partial charge in [-0.05, 0) is 150 Å². The quantitative estimate of drug-likeness (QED) is 0.0768. The maximum atomic E-state index is 12.6. The van der Waals surface area contributed by atoms with Crippen LogP contribution in [0.15, 0.2) is 72.8 Å². The molecule has 59 heavy (non-hydrogen) atoms. The first kappa shape index (κ1) is 52.2. The van der Waals surface area contributed by atoms with E-state index in [0.717, 1.165) is 72.3 Å². The van der Waals surface area contributed by atoms with E-state index in [1.165, 1.54) is 0 Å². The molecule has 6 atom stereocenters. The van der Waals surface area contributed by atoms with Crippen molar-refractivity contribution in [1.29, 1.82) is 0 Å². The minimum absolute atomic E-state index is 0. The first-order valence-electron chi connectivity index (χ1n) is 20.1. The van der Waals surface area contributed by atoms with Gasteiger partial charge in [-0.3, -0.25) is 19.3 Å². The summed E-state index contributed by atoms with van der Waals surface area (Å²) in [5.41, 5.74) is 3.64. The molecule has 0 bridgehead atoms. The van der Waals surface area contributed by atoms with Crippen LogP contribution in [0.1, 0.15) is 73.4 Å². The van der Waals surface area contributed by atoms with Crippen molar-refractivity contribution in [2.24, 2.45) is 34.0 Å². The summed E-state index contributed by atoms with van der Waals surface area (Å²) >= 11 is 0. The third-order valence-electron chi connectivity index (χ3n) is 13.3. The summed E-state index contributed by atoms with van der Waals surface area (Å²) in [4.78, 5) is 40.2. The van der Waals surface area contributed by atoms with Crippen LogP contribution < -0.4 is 16.0 Å². The molecule has 3 aromatic carbocycles. The number of rotatable bonds is 18. The average molecular weight is 899 g/mol. The van der Waals surface area contributed by atoms with Gasteiger partial charge in [0.05, 0.1) is 16.2 Å². The number of hydrogen-bond acceptors (Lipinski definition) is 7. The van der Waals surface area contributed by atoms with E-state index in [1.54, 1.807) is 0 Å². The molecule has 3 fully saturated rings. The number of aliphatic carboxylic acids is 3. The normalized spacial score (nSPS) is 21.7. The molecule has 3 unspecified atom stereocenters.